The molecule has 22 heavy (non-hydrogen) atoms. The van der Waals surface area contributed by atoms with E-state index in [0.717, 1.165) is 0 Å². The molecule has 0 saturated heterocycles. The molecule has 2 aromatic carbocycles. The molecule has 0 aliphatic heterocycles. The van der Waals surface area contributed by atoms with E-state index < -0.39 is 0 Å². The molecular formula is C17H17ClN3O+. The van der Waals surface area contributed by atoms with Crippen LogP contribution in [0.25, 0.3) is 0 Å². The zero-order valence-corrected chi connectivity index (χ0v) is 13.0. The first-order valence-electron chi connectivity index (χ1n) is 6.98. The van der Waals surface area contributed by atoms with E-state index in [9.17, 15) is 4.79 Å². The predicted octanol–water partition coefficient (Wildman–Crippen LogP) is 2.47. The van der Waals surface area contributed by atoms with Gasteiger partial charge in [-0.2, -0.15) is 5.26 Å². The van der Waals surface area contributed by atoms with Gasteiger partial charge in [-0.25, -0.2) is 0 Å². The molecule has 0 aliphatic carbocycles. The topological polar surface area (TPSA) is 69.5 Å². The van der Waals surface area contributed by atoms with E-state index in [4.69, 9.17) is 16.9 Å². The lowest BCUT2D eigenvalue weighted by Gasteiger charge is -2.11. The van der Waals surface area contributed by atoms with Crippen molar-refractivity contribution in [1.29, 1.82) is 5.26 Å². The Morgan fingerprint density at radius 2 is 2.05 bits per heavy atom. The number of amides is 1. The predicted molar refractivity (Wildman–Crippen MR) is 86.4 cm³/mol. The van der Waals surface area contributed by atoms with Gasteiger partial charge in [0.05, 0.1) is 10.6 Å². The Kier molecular flexibility index (Phi) is 5.54. The van der Waals surface area contributed by atoms with Crippen molar-refractivity contribution in [1.82, 2.24) is 0 Å². The van der Waals surface area contributed by atoms with E-state index in [-0.39, 0.29) is 11.9 Å². The Morgan fingerprint density at radius 3 is 2.68 bits per heavy atom. The van der Waals surface area contributed by atoms with Gasteiger partial charge in [-0.1, -0.05) is 41.9 Å². The highest BCUT2D eigenvalue weighted by Gasteiger charge is 2.11. The van der Waals surface area contributed by atoms with Crippen molar-refractivity contribution in [3.63, 3.8) is 0 Å². The number of benzene rings is 2. The maximum atomic E-state index is 12.0. The van der Waals surface area contributed by atoms with Crippen LogP contribution in [0.5, 0.6) is 0 Å². The molecule has 2 aromatic rings. The molecule has 0 fully saturated rings. The molecule has 0 spiro atoms. The second-order valence-corrected chi connectivity index (χ2v) is 5.40. The lowest BCUT2D eigenvalue weighted by molar-refractivity contribution is -0.682. The number of nitriles is 1. The molecule has 0 heterocycles. The number of halogens is 1. The molecule has 1 amide bonds. The van der Waals surface area contributed by atoms with Crippen LogP contribution < -0.4 is 10.6 Å². The van der Waals surface area contributed by atoms with Crippen LogP contribution >= 0.6 is 11.6 Å². The number of hydrogen-bond acceptors (Lipinski definition) is 2. The minimum absolute atomic E-state index is 0.108. The third-order valence-corrected chi connectivity index (χ3v) is 3.67. The summed E-state index contributed by atoms with van der Waals surface area (Å²) in [6, 6.07) is 17.1. The molecule has 2 rings (SSSR count). The van der Waals surface area contributed by atoms with Gasteiger partial charge in [0.25, 0.3) is 5.91 Å². The number of rotatable bonds is 5. The number of nitrogens with one attached hydrogen (secondary N) is 1. The summed E-state index contributed by atoms with van der Waals surface area (Å²) < 4.78 is 0. The molecule has 0 unspecified atom stereocenters. The third-order valence-electron chi connectivity index (χ3n) is 3.36. The van der Waals surface area contributed by atoms with Crippen LogP contribution in [0.4, 0.5) is 5.69 Å². The number of carbonyl (C=O) groups is 1. The number of hydrogen-bond donors (Lipinski definition) is 2. The van der Waals surface area contributed by atoms with Gasteiger partial charge in [0.15, 0.2) is 6.54 Å². The standard InChI is InChI=1S/C17H16ClN3O/c1-12(13-5-3-2-4-6-13)20-11-17(22)21-15-8-7-14(10-19)16(18)9-15/h2-9,12,20H,11H2,1H3,(H,21,22)/p+1/t12-/m1/s1. The maximum Gasteiger partial charge on any atom is 0.279 e. The number of quaternary nitrogens is 1. The van der Waals surface area contributed by atoms with Crippen molar-refractivity contribution in [2.24, 2.45) is 0 Å². The zero-order valence-electron chi connectivity index (χ0n) is 12.2. The summed E-state index contributed by atoms with van der Waals surface area (Å²) in [4.78, 5) is 12.0. The van der Waals surface area contributed by atoms with Crippen molar-refractivity contribution >= 4 is 23.2 Å². The molecule has 0 saturated carbocycles. The number of nitrogens with zero attached hydrogens (tertiary/aromatic N) is 1. The van der Waals surface area contributed by atoms with Gasteiger partial charge in [0.1, 0.15) is 12.1 Å². The lowest BCUT2D eigenvalue weighted by atomic mass is 10.1. The Morgan fingerprint density at radius 1 is 1.32 bits per heavy atom. The zero-order chi connectivity index (χ0) is 15.9. The Labute approximate surface area is 134 Å². The SMILES string of the molecule is C[C@@H]([NH2+]CC(=O)Nc1ccc(C#N)c(Cl)c1)c1ccccc1. The van der Waals surface area contributed by atoms with Crippen LogP contribution in [0, 0.1) is 11.3 Å². The van der Waals surface area contributed by atoms with Crippen LogP contribution in [0.2, 0.25) is 5.02 Å². The highest BCUT2D eigenvalue weighted by Crippen LogP contribution is 2.19. The molecule has 1 atom stereocenters. The minimum Gasteiger partial charge on any atom is -0.333 e. The van der Waals surface area contributed by atoms with Crippen molar-refractivity contribution in [2.75, 3.05) is 11.9 Å². The van der Waals surface area contributed by atoms with Crippen LogP contribution in [-0.4, -0.2) is 12.5 Å². The monoisotopic (exact) mass is 314 g/mol. The fraction of sp³-hybridized carbons (Fsp3) is 0.176. The smallest absolute Gasteiger partial charge is 0.279 e. The molecular weight excluding hydrogens is 298 g/mol. The summed E-state index contributed by atoms with van der Waals surface area (Å²) in [7, 11) is 0. The van der Waals surface area contributed by atoms with Gasteiger partial charge in [0, 0.05) is 11.3 Å². The minimum atomic E-state index is -0.108. The summed E-state index contributed by atoms with van der Waals surface area (Å²) >= 11 is 5.94. The Balaban J connectivity index is 1.88. The van der Waals surface area contributed by atoms with Crippen LogP contribution in [0.3, 0.4) is 0 Å². The van der Waals surface area contributed by atoms with Crippen LogP contribution in [0.1, 0.15) is 24.1 Å². The highest BCUT2D eigenvalue weighted by molar-refractivity contribution is 6.32. The summed E-state index contributed by atoms with van der Waals surface area (Å²) in [6.07, 6.45) is 0. The maximum absolute atomic E-state index is 12.0. The average molecular weight is 315 g/mol. The number of anilines is 1. The van der Waals surface area contributed by atoms with Crippen molar-refractivity contribution in [2.45, 2.75) is 13.0 Å². The fourth-order valence-corrected chi connectivity index (χ4v) is 2.29. The van der Waals surface area contributed by atoms with Gasteiger partial charge < -0.3 is 10.6 Å². The first-order valence-corrected chi connectivity index (χ1v) is 7.35. The van der Waals surface area contributed by atoms with E-state index in [1.54, 1.807) is 18.2 Å². The quantitative estimate of drug-likeness (QED) is 0.890. The Hall–Kier alpha value is -2.35. The molecule has 4 nitrogen and oxygen atoms in total. The number of nitrogens with two attached hydrogens (primary N) is 1. The first kappa shape index (κ1) is 16.0. The molecule has 5 heteroatoms. The largest absolute Gasteiger partial charge is 0.333 e. The van der Waals surface area contributed by atoms with Gasteiger partial charge in [-0.15, -0.1) is 0 Å². The van der Waals surface area contributed by atoms with E-state index in [0.29, 0.717) is 22.8 Å². The van der Waals surface area contributed by atoms with Crippen molar-refractivity contribution in [3.05, 3.63) is 64.7 Å². The average Bonchev–Trinajstić information content (AvgIpc) is 2.53. The van der Waals surface area contributed by atoms with Gasteiger partial charge in [-0.05, 0) is 25.1 Å². The highest BCUT2D eigenvalue weighted by atomic mass is 35.5. The molecule has 0 bridgehead atoms. The van der Waals surface area contributed by atoms with Gasteiger partial charge in [0.2, 0.25) is 0 Å². The molecule has 0 aromatic heterocycles. The molecule has 3 N–H and O–H groups in total. The summed E-state index contributed by atoms with van der Waals surface area (Å²) in [6.45, 7) is 2.37. The lowest BCUT2D eigenvalue weighted by Crippen LogP contribution is -2.86. The van der Waals surface area contributed by atoms with Crippen molar-refractivity contribution in [3.8, 4) is 6.07 Å². The van der Waals surface area contributed by atoms with Gasteiger partial charge in [-0.3, -0.25) is 4.79 Å². The summed E-state index contributed by atoms with van der Waals surface area (Å²) in [5.74, 6) is -0.108. The fourth-order valence-electron chi connectivity index (χ4n) is 2.07. The second kappa shape index (κ2) is 7.60. The van der Waals surface area contributed by atoms with E-state index in [1.807, 2.05) is 41.7 Å². The first-order chi connectivity index (χ1) is 10.6. The van der Waals surface area contributed by atoms with Crippen LogP contribution in [-0.2, 0) is 4.79 Å². The summed E-state index contributed by atoms with van der Waals surface area (Å²) in [5, 5.41) is 13.9. The van der Waals surface area contributed by atoms with E-state index >= 15 is 0 Å². The molecule has 112 valence electrons. The summed E-state index contributed by atoms with van der Waals surface area (Å²) in [5.41, 5.74) is 2.16. The van der Waals surface area contributed by atoms with Gasteiger partial charge >= 0.3 is 0 Å². The number of carbonyl (C=O) groups excluding carboxylic acids is 1. The molecule has 0 radical (unpaired) electrons. The Bertz CT molecular complexity index is 695. The third kappa shape index (κ3) is 4.32. The van der Waals surface area contributed by atoms with E-state index in [1.165, 1.54) is 5.56 Å². The normalized spacial score (nSPS) is 11.5. The molecule has 0 aliphatic rings. The van der Waals surface area contributed by atoms with Crippen LogP contribution in [0.15, 0.2) is 48.5 Å². The van der Waals surface area contributed by atoms with Crippen molar-refractivity contribution < 1.29 is 10.1 Å². The second-order valence-electron chi connectivity index (χ2n) is 4.99. The van der Waals surface area contributed by atoms with E-state index in [2.05, 4.69) is 12.2 Å².